The van der Waals surface area contributed by atoms with Gasteiger partial charge >= 0.3 is 5.97 Å². The van der Waals surface area contributed by atoms with Crippen LogP contribution in [0.5, 0.6) is 0 Å². The van der Waals surface area contributed by atoms with E-state index in [1.54, 1.807) is 12.1 Å². The highest BCUT2D eigenvalue weighted by Crippen LogP contribution is 2.20. The smallest absolute Gasteiger partial charge is 0.358 e. The van der Waals surface area contributed by atoms with Crippen LogP contribution in [0.25, 0.3) is 11.3 Å². The van der Waals surface area contributed by atoms with Gasteiger partial charge in [0.2, 0.25) is 5.91 Å². The number of hydrogen-bond acceptors (Lipinski definition) is 4. The number of carboxylic acid groups (broad SMARTS) is 1. The lowest BCUT2D eigenvalue weighted by atomic mass is 10.1. The number of carbonyl (C=O) groups is 2. The highest BCUT2D eigenvalue weighted by Gasteiger charge is 2.12. The molecule has 17 heavy (non-hydrogen) atoms. The third-order valence-corrected chi connectivity index (χ3v) is 2.18. The van der Waals surface area contributed by atoms with Gasteiger partial charge in [-0.2, -0.15) is 0 Å². The molecule has 0 saturated heterocycles. The molecule has 0 spiro atoms. The molecule has 2 aromatic rings. The molecule has 6 nitrogen and oxygen atoms in total. The van der Waals surface area contributed by atoms with Crippen molar-refractivity contribution in [1.29, 1.82) is 0 Å². The fraction of sp³-hybridized carbons (Fsp3) is 0. The molecule has 0 atom stereocenters. The molecule has 0 bridgehead atoms. The summed E-state index contributed by atoms with van der Waals surface area (Å²) in [5.74, 6) is -1.37. The van der Waals surface area contributed by atoms with Crippen LogP contribution in [0.15, 0.2) is 34.9 Å². The van der Waals surface area contributed by atoms with E-state index in [1.165, 1.54) is 18.2 Å². The molecular formula is C11H8N2O4. The Morgan fingerprint density at radius 1 is 1.24 bits per heavy atom. The summed E-state index contributed by atoms with van der Waals surface area (Å²) in [5.41, 5.74) is 5.91. The van der Waals surface area contributed by atoms with Crippen molar-refractivity contribution in [3.05, 3.63) is 41.6 Å². The maximum atomic E-state index is 10.9. The zero-order chi connectivity index (χ0) is 12.4. The average molecular weight is 232 g/mol. The van der Waals surface area contributed by atoms with Crippen LogP contribution < -0.4 is 5.73 Å². The third-order valence-electron chi connectivity index (χ3n) is 2.18. The van der Waals surface area contributed by atoms with Crippen molar-refractivity contribution >= 4 is 11.9 Å². The topological polar surface area (TPSA) is 106 Å². The monoisotopic (exact) mass is 232 g/mol. The first kappa shape index (κ1) is 10.9. The number of rotatable bonds is 3. The molecule has 1 aromatic carbocycles. The van der Waals surface area contributed by atoms with Crippen molar-refractivity contribution in [3.63, 3.8) is 0 Å². The lowest BCUT2D eigenvalue weighted by Gasteiger charge is -1.97. The van der Waals surface area contributed by atoms with Crippen molar-refractivity contribution < 1.29 is 19.2 Å². The van der Waals surface area contributed by atoms with Crippen LogP contribution >= 0.6 is 0 Å². The van der Waals surface area contributed by atoms with Gasteiger partial charge in [0.15, 0.2) is 11.5 Å². The third kappa shape index (κ3) is 2.15. The van der Waals surface area contributed by atoms with Crippen molar-refractivity contribution in [2.24, 2.45) is 5.73 Å². The Balaban J connectivity index is 2.33. The second-order valence-electron chi connectivity index (χ2n) is 3.32. The van der Waals surface area contributed by atoms with E-state index in [1.807, 2.05) is 0 Å². The number of benzene rings is 1. The van der Waals surface area contributed by atoms with Gasteiger partial charge in [0.25, 0.3) is 0 Å². The van der Waals surface area contributed by atoms with Crippen LogP contribution in [-0.4, -0.2) is 22.1 Å². The number of aromatic nitrogens is 1. The van der Waals surface area contributed by atoms with E-state index in [0.717, 1.165) is 0 Å². The molecule has 0 fully saturated rings. The maximum absolute atomic E-state index is 10.9. The molecule has 86 valence electrons. The van der Waals surface area contributed by atoms with E-state index in [9.17, 15) is 9.59 Å². The molecule has 1 amide bonds. The van der Waals surface area contributed by atoms with Crippen molar-refractivity contribution in [3.8, 4) is 11.3 Å². The Kier molecular flexibility index (Phi) is 2.61. The normalized spacial score (nSPS) is 10.1. The van der Waals surface area contributed by atoms with Crippen LogP contribution in [0.2, 0.25) is 0 Å². The summed E-state index contributed by atoms with van der Waals surface area (Å²) >= 11 is 0. The lowest BCUT2D eigenvalue weighted by molar-refractivity contribution is 0.0685. The van der Waals surface area contributed by atoms with Gasteiger partial charge in [0, 0.05) is 17.2 Å². The first-order valence-electron chi connectivity index (χ1n) is 4.68. The van der Waals surface area contributed by atoms with Gasteiger partial charge < -0.3 is 15.4 Å². The number of carboxylic acids is 1. The first-order chi connectivity index (χ1) is 8.08. The summed E-state index contributed by atoms with van der Waals surface area (Å²) in [6, 6.07) is 7.57. The molecule has 0 saturated carbocycles. The van der Waals surface area contributed by atoms with Gasteiger partial charge in [0.1, 0.15) is 0 Å². The summed E-state index contributed by atoms with van der Waals surface area (Å²) in [6.45, 7) is 0. The van der Waals surface area contributed by atoms with Crippen molar-refractivity contribution in [2.45, 2.75) is 0 Å². The lowest BCUT2D eigenvalue weighted by Crippen LogP contribution is -2.10. The number of amides is 1. The Morgan fingerprint density at radius 2 is 1.88 bits per heavy atom. The highest BCUT2D eigenvalue weighted by atomic mass is 16.5. The molecular weight excluding hydrogens is 224 g/mol. The van der Waals surface area contributed by atoms with Gasteiger partial charge in [-0.3, -0.25) is 4.79 Å². The molecule has 0 radical (unpaired) electrons. The summed E-state index contributed by atoms with van der Waals surface area (Å²) in [6.07, 6.45) is 0. The molecule has 2 rings (SSSR count). The molecule has 1 heterocycles. The minimum atomic E-state index is -1.16. The summed E-state index contributed by atoms with van der Waals surface area (Å²) in [7, 11) is 0. The average Bonchev–Trinajstić information content (AvgIpc) is 2.78. The van der Waals surface area contributed by atoms with E-state index < -0.39 is 11.9 Å². The summed E-state index contributed by atoms with van der Waals surface area (Å²) in [4.78, 5) is 21.5. The van der Waals surface area contributed by atoms with Crippen LogP contribution in [0.4, 0.5) is 0 Å². The molecule has 0 unspecified atom stereocenters. The highest BCUT2D eigenvalue weighted by molar-refractivity contribution is 5.93. The zero-order valence-electron chi connectivity index (χ0n) is 8.58. The summed E-state index contributed by atoms with van der Waals surface area (Å²) < 4.78 is 4.87. The van der Waals surface area contributed by atoms with Gasteiger partial charge in [-0.05, 0) is 12.1 Å². The first-order valence-corrected chi connectivity index (χ1v) is 4.68. The Hall–Kier alpha value is -2.63. The number of nitrogens with two attached hydrogens (primary N) is 1. The van der Waals surface area contributed by atoms with E-state index in [2.05, 4.69) is 5.16 Å². The number of primary amides is 1. The van der Waals surface area contributed by atoms with Crippen LogP contribution in [0.1, 0.15) is 20.8 Å². The zero-order valence-corrected chi connectivity index (χ0v) is 8.58. The number of aromatic carboxylic acids is 1. The SMILES string of the molecule is NC(=O)c1ccc(-c2cc(C(=O)O)no2)cc1. The standard InChI is InChI=1S/C11H8N2O4/c12-10(14)7-3-1-6(2-4-7)9-5-8(11(15)16)13-17-9/h1-5H,(H2,12,14)(H,15,16). The molecule has 1 aromatic heterocycles. The molecule has 3 N–H and O–H groups in total. The minimum Gasteiger partial charge on any atom is -0.476 e. The predicted octanol–water partition coefficient (Wildman–Crippen LogP) is 1.14. The van der Waals surface area contributed by atoms with Crippen LogP contribution in [0.3, 0.4) is 0 Å². The Morgan fingerprint density at radius 3 is 2.35 bits per heavy atom. The quantitative estimate of drug-likeness (QED) is 0.825. The minimum absolute atomic E-state index is 0.168. The van der Waals surface area contributed by atoms with E-state index in [4.69, 9.17) is 15.4 Å². The second-order valence-corrected chi connectivity index (χ2v) is 3.32. The van der Waals surface area contributed by atoms with Gasteiger partial charge in [0.05, 0.1) is 0 Å². The molecule has 0 aliphatic rings. The molecule has 6 heteroatoms. The van der Waals surface area contributed by atoms with E-state index >= 15 is 0 Å². The molecule has 0 aliphatic carbocycles. The van der Waals surface area contributed by atoms with E-state index in [0.29, 0.717) is 16.9 Å². The molecule has 0 aliphatic heterocycles. The van der Waals surface area contributed by atoms with Crippen LogP contribution in [-0.2, 0) is 0 Å². The largest absolute Gasteiger partial charge is 0.476 e. The van der Waals surface area contributed by atoms with Crippen molar-refractivity contribution in [1.82, 2.24) is 5.16 Å². The predicted molar refractivity (Wildman–Crippen MR) is 57.4 cm³/mol. The van der Waals surface area contributed by atoms with E-state index in [-0.39, 0.29) is 5.69 Å². The number of nitrogens with zero attached hydrogens (tertiary/aromatic N) is 1. The van der Waals surface area contributed by atoms with Crippen LogP contribution in [0, 0.1) is 0 Å². The fourth-order valence-corrected chi connectivity index (χ4v) is 1.31. The van der Waals surface area contributed by atoms with Crippen molar-refractivity contribution in [2.75, 3.05) is 0 Å². The number of carbonyl (C=O) groups excluding carboxylic acids is 1. The number of hydrogen-bond donors (Lipinski definition) is 2. The van der Waals surface area contributed by atoms with Gasteiger partial charge in [-0.1, -0.05) is 17.3 Å². The summed E-state index contributed by atoms with van der Waals surface area (Å²) in [5, 5.41) is 12.1. The Labute approximate surface area is 95.6 Å². The van der Waals surface area contributed by atoms with Gasteiger partial charge in [-0.15, -0.1) is 0 Å². The second kappa shape index (κ2) is 4.09. The maximum Gasteiger partial charge on any atom is 0.358 e. The Bertz CT molecular complexity index is 571. The fourth-order valence-electron chi connectivity index (χ4n) is 1.31. The van der Waals surface area contributed by atoms with Gasteiger partial charge in [-0.25, -0.2) is 4.79 Å².